The summed E-state index contributed by atoms with van der Waals surface area (Å²) in [5.74, 6) is -4.56. The molecular weight excluding hydrogens is 423 g/mol. The number of alkyl halides is 2. The van der Waals surface area contributed by atoms with E-state index in [9.17, 15) is 18.0 Å². The van der Waals surface area contributed by atoms with Crippen LogP contribution in [0.2, 0.25) is 0 Å². The molecule has 0 aromatic carbocycles. The number of halogens is 3. The van der Waals surface area contributed by atoms with Gasteiger partial charge in [0.25, 0.3) is 17.5 Å². The predicted molar refractivity (Wildman–Crippen MR) is 97.5 cm³/mol. The third kappa shape index (κ3) is 4.75. The summed E-state index contributed by atoms with van der Waals surface area (Å²) in [5.41, 5.74) is 0.0109. The summed E-state index contributed by atoms with van der Waals surface area (Å²) >= 11 is 0. The Labute approximate surface area is 172 Å². The zero-order valence-corrected chi connectivity index (χ0v) is 16.0. The summed E-state index contributed by atoms with van der Waals surface area (Å²) in [6.07, 6.45) is 1.05. The highest BCUT2D eigenvalue weighted by Crippen LogP contribution is 2.48. The highest BCUT2D eigenvalue weighted by Gasteiger charge is 2.57. The number of ether oxygens (including phenoxy) is 2. The lowest BCUT2D eigenvalue weighted by Crippen LogP contribution is -2.35. The Morgan fingerprint density at radius 1 is 1.35 bits per heavy atom. The van der Waals surface area contributed by atoms with E-state index in [1.165, 1.54) is 12.4 Å². The van der Waals surface area contributed by atoms with Crippen molar-refractivity contribution in [3.8, 4) is 23.3 Å². The molecule has 3 aromatic heterocycles. The zero-order valence-electron chi connectivity index (χ0n) is 16.0. The lowest BCUT2D eigenvalue weighted by atomic mass is 10.3. The summed E-state index contributed by atoms with van der Waals surface area (Å²) in [4.78, 5) is 26.5. The molecule has 2 N–H and O–H groups in total. The molecule has 0 bridgehead atoms. The fourth-order valence-electron chi connectivity index (χ4n) is 2.65. The molecule has 0 aliphatic heterocycles. The van der Waals surface area contributed by atoms with Crippen molar-refractivity contribution in [2.24, 2.45) is 5.92 Å². The molecule has 1 fully saturated rings. The second kappa shape index (κ2) is 7.89. The summed E-state index contributed by atoms with van der Waals surface area (Å²) in [6.45, 7) is 1.34. The Bertz CT molecular complexity index is 1130. The molecule has 2 atom stereocenters. The largest absolute Gasteiger partial charge is 0.491 e. The number of pyridine rings is 1. The standard InChI is InChI=1S/C18H16F3N5O5/c1-8(24-17(27)28)6-30-16-23-5-12-14(26-16)31-15(25-12)13-11(19)2-10(4-22-13)29-7-9-3-18(9,20)21/h2,4-5,8-9,24H,3,6-7H2,1H3,(H,27,28)/t8-,9+/m0/s1. The van der Waals surface area contributed by atoms with Crippen molar-refractivity contribution in [2.45, 2.75) is 25.3 Å². The van der Waals surface area contributed by atoms with E-state index in [1.54, 1.807) is 6.92 Å². The maximum absolute atomic E-state index is 14.4. The van der Waals surface area contributed by atoms with Crippen LogP contribution in [0.4, 0.5) is 18.0 Å². The van der Waals surface area contributed by atoms with Gasteiger partial charge in [-0.05, 0) is 6.92 Å². The highest BCUT2D eigenvalue weighted by atomic mass is 19.3. The first kappa shape index (κ1) is 20.6. The third-order valence-corrected chi connectivity index (χ3v) is 4.39. The van der Waals surface area contributed by atoms with Crippen LogP contribution in [0.5, 0.6) is 11.8 Å². The molecule has 1 aliphatic rings. The lowest BCUT2D eigenvalue weighted by Gasteiger charge is -2.11. The van der Waals surface area contributed by atoms with E-state index in [-0.39, 0.29) is 54.2 Å². The number of hydrogen-bond acceptors (Lipinski definition) is 8. The first-order valence-corrected chi connectivity index (χ1v) is 9.13. The molecule has 0 spiro atoms. The average Bonchev–Trinajstić information content (AvgIpc) is 3.11. The Hall–Kier alpha value is -3.64. The van der Waals surface area contributed by atoms with Crippen molar-refractivity contribution in [3.63, 3.8) is 0 Å². The maximum atomic E-state index is 14.4. The number of hydrogen-bond donors (Lipinski definition) is 2. The quantitative estimate of drug-likeness (QED) is 0.544. The summed E-state index contributed by atoms with van der Waals surface area (Å²) in [6, 6.07) is 0.421. The van der Waals surface area contributed by atoms with Crippen LogP contribution in [-0.2, 0) is 0 Å². The Morgan fingerprint density at radius 2 is 2.13 bits per heavy atom. The zero-order chi connectivity index (χ0) is 22.2. The number of carbonyl (C=O) groups is 1. The Morgan fingerprint density at radius 3 is 2.81 bits per heavy atom. The van der Waals surface area contributed by atoms with Crippen LogP contribution >= 0.6 is 0 Å². The first-order valence-electron chi connectivity index (χ1n) is 9.13. The first-order chi connectivity index (χ1) is 14.7. The van der Waals surface area contributed by atoms with Crippen LogP contribution in [0.3, 0.4) is 0 Å². The fourth-order valence-corrected chi connectivity index (χ4v) is 2.65. The highest BCUT2D eigenvalue weighted by molar-refractivity contribution is 5.71. The van der Waals surface area contributed by atoms with Crippen LogP contribution in [0, 0.1) is 11.7 Å². The molecule has 1 amide bonds. The Balaban J connectivity index is 1.44. The van der Waals surface area contributed by atoms with Gasteiger partial charge in [-0.25, -0.2) is 32.9 Å². The van der Waals surface area contributed by atoms with Gasteiger partial charge in [0.05, 0.1) is 31.0 Å². The molecule has 3 heterocycles. The molecule has 164 valence electrons. The van der Waals surface area contributed by atoms with Gasteiger partial charge in [-0.3, -0.25) is 0 Å². The minimum absolute atomic E-state index is 0.0105. The van der Waals surface area contributed by atoms with E-state index in [4.69, 9.17) is 19.0 Å². The van der Waals surface area contributed by atoms with Crippen molar-refractivity contribution < 1.29 is 37.0 Å². The monoisotopic (exact) mass is 439 g/mol. The molecule has 10 nitrogen and oxygen atoms in total. The molecular formula is C18H16F3N5O5. The van der Waals surface area contributed by atoms with Gasteiger partial charge >= 0.3 is 12.1 Å². The topological polar surface area (TPSA) is 132 Å². The maximum Gasteiger partial charge on any atom is 0.404 e. The van der Waals surface area contributed by atoms with Gasteiger partial charge in [0.1, 0.15) is 17.9 Å². The molecule has 0 saturated heterocycles. The summed E-state index contributed by atoms with van der Waals surface area (Å²) < 4.78 is 56.1. The molecule has 31 heavy (non-hydrogen) atoms. The molecule has 0 unspecified atom stereocenters. The molecule has 1 saturated carbocycles. The van der Waals surface area contributed by atoms with E-state index < -0.39 is 29.8 Å². The molecule has 3 aromatic rings. The van der Waals surface area contributed by atoms with Crippen LogP contribution in [-0.4, -0.2) is 56.3 Å². The van der Waals surface area contributed by atoms with Crippen molar-refractivity contribution in [2.75, 3.05) is 13.2 Å². The number of rotatable bonds is 8. The van der Waals surface area contributed by atoms with Crippen molar-refractivity contribution >= 4 is 17.3 Å². The van der Waals surface area contributed by atoms with Gasteiger partial charge in [0.2, 0.25) is 0 Å². The van der Waals surface area contributed by atoms with Crippen molar-refractivity contribution in [1.82, 2.24) is 25.3 Å². The lowest BCUT2D eigenvalue weighted by molar-refractivity contribution is 0.0855. The number of carboxylic acid groups (broad SMARTS) is 1. The number of nitrogens with one attached hydrogen (secondary N) is 1. The fraction of sp³-hybridized carbons (Fsp3) is 0.389. The number of oxazole rings is 1. The van der Waals surface area contributed by atoms with Crippen molar-refractivity contribution in [3.05, 3.63) is 24.3 Å². The summed E-state index contributed by atoms with van der Waals surface area (Å²) in [5, 5.41) is 10.9. The van der Waals surface area contributed by atoms with Crippen LogP contribution in [0.1, 0.15) is 13.3 Å². The second-order valence-electron chi connectivity index (χ2n) is 7.00. The number of aromatic nitrogens is 4. The SMILES string of the molecule is C[C@@H](COc1ncc2nc(-c3ncc(OC[C@H]4CC4(F)F)cc3F)oc2n1)NC(=O)O. The van der Waals surface area contributed by atoms with Gasteiger partial charge in [-0.15, -0.1) is 0 Å². The Kier molecular flexibility index (Phi) is 5.25. The average molecular weight is 439 g/mol. The molecule has 4 rings (SSSR count). The smallest absolute Gasteiger partial charge is 0.404 e. The van der Waals surface area contributed by atoms with Gasteiger partial charge < -0.3 is 24.3 Å². The number of amides is 1. The van der Waals surface area contributed by atoms with E-state index >= 15 is 0 Å². The van der Waals surface area contributed by atoms with Gasteiger partial charge in [0.15, 0.2) is 11.5 Å². The minimum atomic E-state index is -2.72. The van der Waals surface area contributed by atoms with E-state index in [0.29, 0.717) is 0 Å². The molecule has 13 heteroatoms. The van der Waals surface area contributed by atoms with Gasteiger partial charge in [-0.1, -0.05) is 0 Å². The minimum Gasteiger partial charge on any atom is -0.491 e. The van der Waals surface area contributed by atoms with Crippen LogP contribution < -0.4 is 14.8 Å². The van der Waals surface area contributed by atoms with Crippen LogP contribution in [0.25, 0.3) is 22.8 Å². The van der Waals surface area contributed by atoms with E-state index in [0.717, 1.165) is 6.07 Å². The molecule has 1 aliphatic carbocycles. The van der Waals surface area contributed by atoms with E-state index in [1.807, 2.05) is 0 Å². The molecule has 0 radical (unpaired) electrons. The predicted octanol–water partition coefficient (Wildman–Crippen LogP) is 2.89. The third-order valence-electron chi connectivity index (χ3n) is 4.39. The second-order valence-corrected chi connectivity index (χ2v) is 7.00. The van der Waals surface area contributed by atoms with Gasteiger partial charge in [0, 0.05) is 12.5 Å². The van der Waals surface area contributed by atoms with Crippen LogP contribution in [0.15, 0.2) is 22.9 Å². The number of fused-ring (bicyclic) bond motifs is 1. The normalized spacial score (nSPS) is 17.9. The van der Waals surface area contributed by atoms with Crippen molar-refractivity contribution in [1.29, 1.82) is 0 Å². The summed E-state index contributed by atoms with van der Waals surface area (Å²) in [7, 11) is 0. The van der Waals surface area contributed by atoms with E-state index in [2.05, 4.69) is 25.3 Å². The number of nitrogens with zero attached hydrogens (tertiary/aromatic N) is 4. The van der Waals surface area contributed by atoms with Gasteiger partial charge in [-0.2, -0.15) is 4.98 Å².